The van der Waals surface area contributed by atoms with Crippen molar-refractivity contribution in [2.45, 2.75) is 25.7 Å². The number of amides is 1. The number of rotatable bonds is 12. The number of unbranched alkanes of at least 4 members (excludes halogenated alkanes) is 1. The van der Waals surface area contributed by atoms with Crippen LogP contribution in [0.2, 0.25) is 0 Å². The van der Waals surface area contributed by atoms with Gasteiger partial charge in [-0.15, -0.1) is 0 Å². The van der Waals surface area contributed by atoms with Crippen molar-refractivity contribution in [2.75, 3.05) is 47.1 Å². The van der Waals surface area contributed by atoms with Crippen molar-refractivity contribution >= 4 is 5.91 Å². The number of methoxy groups -OCH3 is 1. The molecule has 0 aromatic carbocycles. The first-order valence-electron chi connectivity index (χ1n) is 6.29. The second-order valence-electron chi connectivity index (χ2n) is 3.84. The second kappa shape index (κ2) is 13.4. The van der Waals surface area contributed by atoms with Crippen molar-refractivity contribution in [1.29, 1.82) is 0 Å². The van der Waals surface area contributed by atoms with E-state index >= 15 is 0 Å². The van der Waals surface area contributed by atoms with Gasteiger partial charge in [-0.25, -0.2) is 0 Å². The maximum Gasteiger partial charge on any atom is 0.219 e. The number of hydrogen-bond acceptors (Lipinski definition) is 4. The van der Waals surface area contributed by atoms with Gasteiger partial charge in [0.2, 0.25) is 5.91 Å². The molecule has 0 aliphatic rings. The molecule has 0 aliphatic carbocycles. The van der Waals surface area contributed by atoms with Crippen LogP contribution in [0.4, 0.5) is 0 Å². The lowest BCUT2D eigenvalue weighted by Crippen LogP contribution is -2.21. The van der Waals surface area contributed by atoms with Crippen LogP contribution in [0.3, 0.4) is 0 Å². The summed E-state index contributed by atoms with van der Waals surface area (Å²) in [5.74, 6) is 0.110. The van der Waals surface area contributed by atoms with Gasteiger partial charge in [0.1, 0.15) is 0 Å². The molecular formula is C12H26N2O3. The van der Waals surface area contributed by atoms with E-state index in [0.717, 1.165) is 39.0 Å². The molecule has 17 heavy (non-hydrogen) atoms. The molecular weight excluding hydrogens is 220 g/mol. The third-order valence-electron chi connectivity index (χ3n) is 2.36. The smallest absolute Gasteiger partial charge is 0.219 e. The minimum Gasteiger partial charge on any atom is -0.382 e. The zero-order valence-corrected chi connectivity index (χ0v) is 11.1. The lowest BCUT2D eigenvalue weighted by molar-refractivity contribution is -0.120. The van der Waals surface area contributed by atoms with Gasteiger partial charge in [0.05, 0.1) is 13.2 Å². The van der Waals surface area contributed by atoms with Gasteiger partial charge >= 0.3 is 0 Å². The van der Waals surface area contributed by atoms with Crippen molar-refractivity contribution in [2.24, 2.45) is 0 Å². The Bertz CT molecular complexity index is 177. The number of hydrogen-bond donors (Lipinski definition) is 2. The van der Waals surface area contributed by atoms with E-state index in [2.05, 4.69) is 10.6 Å². The summed E-state index contributed by atoms with van der Waals surface area (Å²) in [5.41, 5.74) is 0. The summed E-state index contributed by atoms with van der Waals surface area (Å²) in [6, 6.07) is 0. The number of nitrogens with one attached hydrogen (secondary N) is 2. The Kier molecular flexibility index (Phi) is 12.9. The van der Waals surface area contributed by atoms with Crippen molar-refractivity contribution in [3.05, 3.63) is 0 Å². The van der Waals surface area contributed by atoms with Crippen LogP contribution in [0, 0.1) is 0 Å². The fourth-order valence-electron chi connectivity index (χ4n) is 1.32. The highest BCUT2D eigenvalue weighted by Crippen LogP contribution is 1.90. The molecule has 5 heteroatoms. The zero-order chi connectivity index (χ0) is 12.8. The molecule has 5 nitrogen and oxygen atoms in total. The third-order valence-corrected chi connectivity index (χ3v) is 2.36. The Hall–Kier alpha value is -0.650. The van der Waals surface area contributed by atoms with E-state index in [-0.39, 0.29) is 5.91 Å². The predicted molar refractivity (Wildman–Crippen MR) is 68.1 cm³/mol. The van der Waals surface area contributed by atoms with Crippen LogP contribution in [0.5, 0.6) is 0 Å². The monoisotopic (exact) mass is 246 g/mol. The van der Waals surface area contributed by atoms with Gasteiger partial charge in [0.25, 0.3) is 0 Å². The number of carbonyl (C=O) groups is 1. The van der Waals surface area contributed by atoms with Crippen molar-refractivity contribution < 1.29 is 14.3 Å². The van der Waals surface area contributed by atoms with E-state index < -0.39 is 0 Å². The fraction of sp³-hybridized carbons (Fsp3) is 0.917. The SMILES string of the molecule is CNC(=O)CCCNCCCCOCCOC. The normalized spacial score (nSPS) is 10.5. The average molecular weight is 246 g/mol. The van der Waals surface area contributed by atoms with E-state index in [1.807, 2.05) is 0 Å². The standard InChI is InChI=1S/C12H26N2O3/c1-13-12(15)6-5-8-14-7-3-4-9-17-11-10-16-2/h14H,3-11H2,1-2H3,(H,13,15). The Morgan fingerprint density at radius 1 is 1.06 bits per heavy atom. The molecule has 0 heterocycles. The van der Waals surface area contributed by atoms with E-state index in [0.29, 0.717) is 19.6 Å². The van der Waals surface area contributed by atoms with E-state index in [1.165, 1.54) is 0 Å². The summed E-state index contributed by atoms with van der Waals surface area (Å²) in [6.45, 7) is 4.02. The van der Waals surface area contributed by atoms with Crippen molar-refractivity contribution in [3.8, 4) is 0 Å². The summed E-state index contributed by atoms with van der Waals surface area (Å²) < 4.78 is 10.2. The van der Waals surface area contributed by atoms with Crippen LogP contribution < -0.4 is 10.6 Å². The quantitative estimate of drug-likeness (QED) is 0.494. The largest absolute Gasteiger partial charge is 0.382 e. The third kappa shape index (κ3) is 13.3. The van der Waals surface area contributed by atoms with Crippen LogP contribution in [0.15, 0.2) is 0 Å². The zero-order valence-electron chi connectivity index (χ0n) is 11.1. The first kappa shape index (κ1) is 16.4. The molecule has 0 aromatic rings. The molecule has 0 bridgehead atoms. The molecule has 102 valence electrons. The highest BCUT2D eigenvalue weighted by Gasteiger charge is 1.96. The predicted octanol–water partition coefficient (Wildman–Crippen LogP) is 0.545. The molecule has 0 radical (unpaired) electrons. The highest BCUT2D eigenvalue weighted by atomic mass is 16.5. The fourth-order valence-corrected chi connectivity index (χ4v) is 1.32. The highest BCUT2D eigenvalue weighted by molar-refractivity contribution is 5.75. The maximum atomic E-state index is 10.9. The van der Waals surface area contributed by atoms with Gasteiger partial charge in [0, 0.05) is 27.2 Å². The van der Waals surface area contributed by atoms with E-state index in [1.54, 1.807) is 14.2 Å². The lowest BCUT2D eigenvalue weighted by Gasteiger charge is -2.05. The van der Waals surface area contributed by atoms with Crippen LogP contribution in [0.1, 0.15) is 25.7 Å². The summed E-state index contributed by atoms with van der Waals surface area (Å²) in [7, 11) is 3.34. The number of carbonyl (C=O) groups excluding carboxylic acids is 1. The molecule has 0 unspecified atom stereocenters. The van der Waals surface area contributed by atoms with Gasteiger partial charge < -0.3 is 20.1 Å². The molecule has 0 saturated carbocycles. The van der Waals surface area contributed by atoms with Gasteiger partial charge in [0.15, 0.2) is 0 Å². The molecule has 0 atom stereocenters. The van der Waals surface area contributed by atoms with Gasteiger partial charge in [-0.2, -0.15) is 0 Å². The topological polar surface area (TPSA) is 59.6 Å². The molecule has 0 saturated heterocycles. The van der Waals surface area contributed by atoms with E-state index in [9.17, 15) is 4.79 Å². The van der Waals surface area contributed by atoms with E-state index in [4.69, 9.17) is 9.47 Å². The minimum atomic E-state index is 0.110. The molecule has 1 amide bonds. The average Bonchev–Trinajstić information content (AvgIpc) is 2.35. The minimum absolute atomic E-state index is 0.110. The Morgan fingerprint density at radius 2 is 1.82 bits per heavy atom. The van der Waals surface area contributed by atoms with Crippen LogP contribution in [0.25, 0.3) is 0 Å². The summed E-state index contributed by atoms with van der Waals surface area (Å²) in [4.78, 5) is 10.9. The van der Waals surface area contributed by atoms with Gasteiger partial charge in [-0.05, 0) is 32.4 Å². The number of ether oxygens (including phenoxy) is 2. The first-order chi connectivity index (χ1) is 8.31. The maximum absolute atomic E-state index is 10.9. The Balaban J connectivity index is 2.96. The van der Waals surface area contributed by atoms with Crippen molar-refractivity contribution in [3.63, 3.8) is 0 Å². The van der Waals surface area contributed by atoms with Crippen LogP contribution in [-0.4, -0.2) is 53.0 Å². The second-order valence-corrected chi connectivity index (χ2v) is 3.84. The molecule has 0 aliphatic heterocycles. The van der Waals surface area contributed by atoms with Gasteiger partial charge in [-0.1, -0.05) is 0 Å². The summed E-state index contributed by atoms with van der Waals surface area (Å²) >= 11 is 0. The molecule has 2 N–H and O–H groups in total. The Labute approximate surface area is 104 Å². The first-order valence-corrected chi connectivity index (χ1v) is 6.29. The molecule has 0 spiro atoms. The van der Waals surface area contributed by atoms with Crippen LogP contribution >= 0.6 is 0 Å². The van der Waals surface area contributed by atoms with Crippen LogP contribution in [-0.2, 0) is 14.3 Å². The molecule has 0 fully saturated rings. The summed E-state index contributed by atoms with van der Waals surface area (Å²) in [6.07, 6.45) is 3.66. The Morgan fingerprint density at radius 3 is 2.53 bits per heavy atom. The molecule has 0 rings (SSSR count). The summed E-state index contributed by atoms with van der Waals surface area (Å²) in [5, 5.41) is 5.91. The van der Waals surface area contributed by atoms with Crippen molar-refractivity contribution in [1.82, 2.24) is 10.6 Å². The molecule has 0 aromatic heterocycles. The van der Waals surface area contributed by atoms with Gasteiger partial charge in [-0.3, -0.25) is 4.79 Å². The lowest BCUT2D eigenvalue weighted by atomic mass is 10.3.